The Kier molecular flexibility index (Phi) is 6.89. The fourth-order valence-corrected chi connectivity index (χ4v) is 3.06. The molecule has 0 aliphatic heterocycles. The molecule has 0 radical (unpaired) electrons. The molecule has 1 unspecified atom stereocenters. The maximum Gasteiger partial charge on any atom is 0.338 e. The molecular weight excluding hydrogens is 370 g/mol. The predicted octanol–water partition coefficient (Wildman–Crippen LogP) is 3.68. The third-order valence-electron chi connectivity index (χ3n) is 4.66. The quantitative estimate of drug-likeness (QED) is 0.491. The molecule has 2 aromatic rings. The summed E-state index contributed by atoms with van der Waals surface area (Å²) in [7, 11) is 1.49. The normalized spacial score (nSPS) is 13.8. The zero-order valence-electron chi connectivity index (χ0n) is 16.4. The van der Waals surface area contributed by atoms with Crippen LogP contribution in [0, 0.1) is 5.92 Å². The lowest BCUT2D eigenvalue weighted by Crippen LogP contribution is -2.33. The number of hydrogen-bond acceptors (Lipinski definition) is 5. The Labute approximate surface area is 170 Å². The minimum atomic E-state index is -0.601. The summed E-state index contributed by atoms with van der Waals surface area (Å²) in [5.41, 5.74) is 1.34. The van der Waals surface area contributed by atoms with E-state index in [1.165, 1.54) is 13.2 Å². The molecule has 0 saturated heterocycles. The molecule has 29 heavy (non-hydrogen) atoms. The highest BCUT2D eigenvalue weighted by Crippen LogP contribution is 2.40. The number of amides is 1. The molecule has 0 spiro atoms. The van der Waals surface area contributed by atoms with E-state index < -0.39 is 5.97 Å². The van der Waals surface area contributed by atoms with Gasteiger partial charge in [-0.1, -0.05) is 43.0 Å². The Morgan fingerprint density at radius 2 is 1.93 bits per heavy atom. The summed E-state index contributed by atoms with van der Waals surface area (Å²) in [5, 5.41) is 2.99. The molecule has 3 rings (SSSR count). The highest BCUT2D eigenvalue weighted by Gasteiger charge is 2.33. The molecule has 6 nitrogen and oxygen atoms in total. The number of carbonyl (C=O) groups is 2. The molecule has 2 aromatic carbocycles. The van der Waals surface area contributed by atoms with Crippen molar-refractivity contribution in [2.75, 3.05) is 20.3 Å². The van der Waals surface area contributed by atoms with Gasteiger partial charge in [-0.25, -0.2) is 4.79 Å². The third kappa shape index (κ3) is 5.60. The van der Waals surface area contributed by atoms with Gasteiger partial charge in [-0.15, -0.1) is 0 Å². The first-order valence-electron chi connectivity index (χ1n) is 9.55. The zero-order chi connectivity index (χ0) is 20.6. The minimum absolute atomic E-state index is 0.0520. The Morgan fingerprint density at radius 3 is 2.59 bits per heavy atom. The lowest BCUT2D eigenvalue weighted by Gasteiger charge is -2.18. The fraction of sp³-hybridized carbons (Fsp3) is 0.304. The van der Waals surface area contributed by atoms with Crippen LogP contribution in [-0.4, -0.2) is 32.2 Å². The number of hydrogen-bond donors (Lipinski definition) is 1. The van der Waals surface area contributed by atoms with Gasteiger partial charge < -0.3 is 19.5 Å². The number of ether oxygens (including phenoxy) is 3. The van der Waals surface area contributed by atoms with Gasteiger partial charge in [0.15, 0.2) is 18.1 Å². The summed E-state index contributed by atoms with van der Waals surface area (Å²) in [6.07, 6.45) is 3.78. The molecule has 1 N–H and O–H groups in total. The first kappa shape index (κ1) is 20.5. The van der Waals surface area contributed by atoms with Crippen molar-refractivity contribution in [3.63, 3.8) is 0 Å². The molecule has 0 aromatic heterocycles. The van der Waals surface area contributed by atoms with Crippen molar-refractivity contribution >= 4 is 11.9 Å². The molecule has 6 heteroatoms. The van der Waals surface area contributed by atoms with E-state index in [0.717, 1.165) is 18.4 Å². The Morgan fingerprint density at radius 1 is 1.17 bits per heavy atom. The summed E-state index contributed by atoms with van der Waals surface area (Å²) in [6, 6.07) is 14.5. The van der Waals surface area contributed by atoms with Crippen molar-refractivity contribution in [3.05, 3.63) is 72.3 Å². The Balaban J connectivity index is 1.57. The van der Waals surface area contributed by atoms with Crippen LogP contribution in [0.1, 0.15) is 34.8 Å². The smallest absolute Gasteiger partial charge is 0.338 e. The van der Waals surface area contributed by atoms with Gasteiger partial charge in [0, 0.05) is 0 Å². The van der Waals surface area contributed by atoms with Gasteiger partial charge in [-0.05, 0) is 42.5 Å². The van der Waals surface area contributed by atoms with E-state index >= 15 is 0 Å². The first-order valence-corrected chi connectivity index (χ1v) is 9.55. The van der Waals surface area contributed by atoms with Crippen LogP contribution in [0.5, 0.6) is 11.5 Å². The van der Waals surface area contributed by atoms with Crippen LogP contribution >= 0.6 is 0 Å². The molecule has 1 fully saturated rings. The summed E-state index contributed by atoms with van der Waals surface area (Å²) in [5.74, 6) is 0.415. The highest BCUT2D eigenvalue weighted by atomic mass is 16.5. The predicted molar refractivity (Wildman–Crippen MR) is 109 cm³/mol. The molecule has 1 amide bonds. The third-order valence-corrected chi connectivity index (χ3v) is 4.66. The molecule has 0 bridgehead atoms. The van der Waals surface area contributed by atoms with Crippen molar-refractivity contribution in [2.45, 2.75) is 18.9 Å². The second-order valence-electron chi connectivity index (χ2n) is 6.83. The summed E-state index contributed by atoms with van der Waals surface area (Å²) < 4.78 is 15.9. The average Bonchev–Trinajstić information content (AvgIpc) is 3.60. The molecule has 152 valence electrons. The van der Waals surface area contributed by atoms with Gasteiger partial charge in [0.05, 0.1) is 18.7 Å². The van der Waals surface area contributed by atoms with Gasteiger partial charge in [-0.3, -0.25) is 4.79 Å². The monoisotopic (exact) mass is 395 g/mol. The summed E-state index contributed by atoms with van der Waals surface area (Å²) in [6.45, 7) is 3.58. The molecule has 1 aliphatic carbocycles. The van der Waals surface area contributed by atoms with Gasteiger partial charge in [0.1, 0.15) is 6.61 Å². The number of esters is 1. The van der Waals surface area contributed by atoms with E-state index in [2.05, 4.69) is 11.9 Å². The van der Waals surface area contributed by atoms with Crippen molar-refractivity contribution in [1.82, 2.24) is 5.32 Å². The van der Waals surface area contributed by atoms with Crippen molar-refractivity contribution in [1.29, 1.82) is 0 Å². The maximum atomic E-state index is 12.3. The van der Waals surface area contributed by atoms with Crippen LogP contribution in [0.25, 0.3) is 0 Å². The van der Waals surface area contributed by atoms with Crippen LogP contribution in [0.2, 0.25) is 0 Å². The molecular formula is C23H25NO5. The second kappa shape index (κ2) is 9.78. The first-order chi connectivity index (χ1) is 14.1. The van der Waals surface area contributed by atoms with Crippen LogP contribution in [0.15, 0.2) is 61.2 Å². The second-order valence-corrected chi connectivity index (χ2v) is 6.83. The van der Waals surface area contributed by atoms with Crippen molar-refractivity contribution < 1.29 is 23.8 Å². The minimum Gasteiger partial charge on any atom is -0.493 e. The van der Waals surface area contributed by atoms with Crippen LogP contribution in [0.3, 0.4) is 0 Å². The van der Waals surface area contributed by atoms with Gasteiger partial charge in [0.2, 0.25) is 0 Å². The van der Waals surface area contributed by atoms with E-state index in [1.54, 1.807) is 18.2 Å². The summed E-state index contributed by atoms with van der Waals surface area (Å²) in [4.78, 5) is 24.7. The molecule has 1 saturated carbocycles. The number of methoxy groups -OCH3 is 1. The van der Waals surface area contributed by atoms with Gasteiger partial charge in [0.25, 0.3) is 5.91 Å². The molecule has 1 atom stereocenters. The van der Waals surface area contributed by atoms with E-state index in [0.29, 0.717) is 24.0 Å². The average molecular weight is 395 g/mol. The van der Waals surface area contributed by atoms with Gasteiger partial charge in [-0.2, -0.15) is 0 Å². The number of nitrogens with one attached hydrogen (secondary N) is 1. The summed E-state index contributed by atoms with van der Waals surface area (Å²) >= 11 is 0. The number of carbonyl (C=O) groups excluding carboxylic acids is 2. The lowest BCUT2D eigenvalue weighted by molar-refractivity contribution is -0.125. The number of benzene rings is 2. The fourth-order valence-electron chi connectivity index (χ4n) is 3.06. The van der Waals surface area contributed by atoms with Gasteiger partial charge >= 0.3 is 5.97 Å². The standard InChI is InChI=1S/C23H25NO5/c1-3-13-28-19-12-11-18(14-20(19)27-2)23(26)29-15-21(25)24-22(17-9-10-17)16-7-5-4-6-8-16/h3-8,11-12,14,17,22H,1,9-10,13,15H2,2H3,(H,24,25). The maximum absolute atomic E-state index is 12.3. The molecule has 0 heterocycles. The SMILES string of the molecule is C=CCOc1ccc(C(=O)OCC(=O)NC(c2ccccc2)C2CC2)cc1OC. The Hall–Kier alpha value is -3.28. The van der Waals surface area contributed by atoms with Crippen LogP contribution in [0.4, 0.5) is 0 Å². The Bertz CT molecular complexity index is 861. The lowest BCUT2D eigenvalue weighted by atomic mass is 10.0. The zero-order valence-corrected chi connectivity index (χ0v) is 16.4. The highest BCUT2D eigenvalue weighted by molar-refractivity contribution is 5.92. The van der Waals surface area contributed by atoms with E-state index in [9.17, 15) is 9.59 Å². The van der Waals surface area contributed by atoms with E-state index in [-0.39, 0.29) is 24.1 Å². The van der Waals surface area contributed by atoms with E-state index in [1.807, 2.05) is 30.3 Å². The van der Waals surface area contributed by atoms with Crippen molar-refractivity contribution in [3.8, 4) is 11.5 Å². The van der Waals surface area contributed by atoms with Crippen LogP contribution in [-0.2, 0) is 9.53 Å². The topological polar surface area (TPSA) is 73.9 Å². The molecule has 1 aliphatic rings. The number of rotatable bonds is 10. The van der Waals surface area contributed by atoms with E-state index in [4.69, 9.17) is 14.2 Å². The van der Waals surface area contributed by atoms with Crippen LogP contribution < -0.4 is 14.8 Å². The van der Waals surface area contributed by atoms with Crippen molar-refractivity contribution in [2.24, 2.45) is 5.92 Å². The largest absolute Gasteiger partial charge is 0.493 e.